The van der Waals surface area contributed by atoms with E-state index in [1.807, 2.05) is 6.07 Å². The fourth-order valence-corrected chi connectivity index (χ4v) is 4.07. The second-order valence-electron chi connectivity index (χ2n) is 5.46. The van der Waals surface area contributed by atoms with Gasteiger partial charge in [0.1, 0.15) is 5.92 Å². The lowest BCUT2D eigenvalue weighted by atomic mass is 9.88. The first-order chi connectivity index (χ1) is 10.7. The minimum Gasteiger partial charge on any atom is -0.460 e. The fraction of sp³-hybridized carbons (Fsp3) is 0.400. The van der Waals surface area contributed by atoms with Gasteiger partial charge in [0.25, 0.3) is 5.70 Å². The molecule has 0 spiro atoms. The summed E-state index contributed by atoms with van der Waals surface area (Å²) in [7, 11) is 0. The molecule has 1 atom stereocenters. The van der Waals surface area contributed by atoms with E-state index in [9.17, 15) is 14.9 Å². The first-order valence-corrected chi connectivity index (χ1v) is 8.62. The standard InChI is InChI=1S/C15H17BrN2O4S/c1-7(2)22-15(19)12-8(3)17-9(4)14(18(20)21)13(12)10-5-6-11(16)23-10/h5-7,13,17H,1-4H3. The molecule has 8 heteroatoms. The highest BCUT2D eigenvalue weighted by molar-refractivity contribution is 9.11. The third kappa shape index (κ3) is 3.64. The van der Waals surface area contributed by atoms with Crippen LogP contribution in [0.1, 0.15) is 38.5 Å². The van der Waals surface area contributed by atoms with Gasteiger partial charge < -0.3 is 10.1 Å². The number of carbonyl (C=O) groups excluding carboxylic acids is 1. The number of nitrogens with one attached hydrogen (secondary N) is 1. The molecule has 0 bridgehead atoms. The molecule has 0 radical (unpaired) electrons. The van der Waals surface area contributed by atoms with Crippen LogP contribution in [-0.2, 0) is 9.53 Å². The minimum atomic E-state index is -0.742. The van der Waals surface area contributed by atoms with Gasteiger partial charge in [-0.15, -0.1) is 11.3 Å². The molecule has 2 heterocycles. The SMILES string of the molecule is CC1=C(C(=O)OC(C)C)C(c2ccc(Br)s2)C([N+](=O)[O-])=C(C)N1. The third-order valence-electron chi connectivity index (χ3n) is 3.36. The normalized spacial score (nSPS) is 18.3. The molecule has 0 saturated heterocycles. The van der Waals surface area contributed by atoms with Crippen LogP contribution in [0.25, 0.3) is 0 Å². The number of hydrogen-bond acceptors (Lipinski definition) is 6. The van der Waals surface area contributed by atoms with Crippen molar-refractivity contribution in [2.75, 3.05) is 0 Å². The van der Waals surface area contributed by atoms with Gasteiger partial charge >= 0.3 is 5.97 Å². The Labute approximate surface area is 146 Å². The van der Waals surface area contributed by atoms with Gasteiger partial charge in [0.2, 0.25) is 0 Å². The highest BCUT2D eigenvalue weighted by atomic mass is 79.9. The van der Waals surface area contributed by atoms with E-state index in [0.29, 0.717) is 11.4 Å². The van der Waals surface area contributed by atoms with Crippen LogP contribution in [0, 0.1) is 10.1 Å². The van der Waals surface area contributed by atoms with Crippen LogP contribution in [0.4, 0.5) is 0 Å². The first kappa shape index (κ1) is 17.7. The van der Waals surface area contributed by atoms with Crippen molar-refractivity contribution in [1.29, 1.82) is 0 Å². The predicted octanol–water partition coefficient (Wildman–Crippen LogP) is 3.93. The molecule has 6 nitrogen and oxygen atoms in total. The van der Waals surface area contributed by atoms with Crippen LogP contribution in [-0.4, -0.2) is 17.0 Å². The molecule has 23 heavy (non-hydrogen) atoms. The van der Waals surface area contributed by atoms with E-state index in [1.54, 1.807) is 33.8 Å². The summed E-state index contributed by atoms with van der Waals surface area (Å²) in [4.78, 5) is 24.4. The number of dihydropyridines is 1. The molecular formula is C15H17BrN2O4S. The van der Waals surface area contributed by atoms with Crippen LogP contribution < -0.4 is 5.32 Å². The Morgan fingerprint density at radius 2 is 2.04 bits per heavy atom. The van der Waals surface area contributed by atoms with Gasteiger partial charge in [-0.25, -0.2) is 4.79 Å². The van der Waals surface area contributed by atoms with E-state index < -0.39 is 16.8 Å². The maximum absolute atomic E-state index is 12.5. The predicted molar refractivity (Wildman–Crippen MR) is 91.5 cm³/mol. The Morgan fingerprint density at radius 1 is 1.39 bits per heavy atom. The zero-order chi connectivity index (χ0) is 17.3. The Kier molecular flexibility index (Phi) is 5.26. The molecule has 1 N–H and O–H groups in total. The molecule has 1 aromatic heterocycles. The van der Waals surface area contributed by atoms with Crippen molar-refractivity contribution in [3.05, 3.63) is 53.6 Å². The summed E-state index contributed by atoms with van der Waals surface area (Å²) in [6.07, 6.45) is -0.301. The van der Waals surface area contributed by atoms with Crippen molar-refractivity contribution in [1.82, 2.24) is 5.32 Å². The zero-order valence-electron chi connectivity index (χ0n) is 13.2. The van der Waals surface area contributed by atoms with Crippen molar-refractivity contribution in [2.45, 2.75) is 39.7 Å². The van der Waals surface area contributed by atoms with Crippen molar-refractivity contribution in [3.63, 3.8) is 0 Å². The molecular weight excluding hydrogens is 384 g/mol. The topological polar surface area (TPSA) is 81.5 Å². The number of nitrogens with zero attached hydrogens (tertiary/aromatic N) is 1. The summed E-state index contributed by atoms with van der Waals surface area (Å²) < 4.78 is 6.14. The van der Waals surface area contributed by atoms with Crippen LogP contribution in [0.5, 0.6) is 0 Å². The second-order valence-corrected chi connectivity index (χ2v) is 7.95. The summed E-state index contributed by atoms with van der Waals surface area (Å²) in [5.41, 5.74) is 1.27. The summed E-state index contributed by atoms with van der Waals surface area (Å²) in [6.45, 7) is 6.86. The van der Waals surface area contributed by atoms with Crippen LogP contribution in [0.3, 0.4) is 0 Å². The van der Waals surface area contributed by atoms with Gasteiger partial charge in [0, 0.05) is 10.6 Å². The number of rotatable bonds is 4. The highest BCUT2D eigenvalue weighted by Crippen LogP contribution is 2.42. The number of nitro groups is 1. The van der Waals surface area contributed by atoms with Crippen LogP contribution in [0.2, 0.25) is 0 Å². The van der Waals surface area contributed by atoms with Crippen molar-refractivity contribution >= 4 is 33.2 Å². The average Bonchev–Trinajstić information content (AvgIpc) is 2.82. The molecule has 0 aliphatic carbocycles. The molecule has 0 saturated carbocycles. The molecule has 1 aliphatic rings. The average molecular weight is 401 g/mol. The third-order valence-corrected chi connectivity index (χ3v) is 5.05. The van der Waals surface area contributed by atoms with Crippen molar-refractivity contribution < 1.29 is 14.5 Å². The summed E-state index contributed by atoms with van der Waals surface area (Å²) in [6, 6.07) is 3.60. The van der Waals surface area contributed by atoms with Crippen molar-refractivity contribution in [3.8, 4) is 0 Å². The Balaban J connectivity index is 2.59. The monoisotopic (exact) mass is 400 g/mol. The largest absolute Gasteiger partial charge is 0.460 e. The lowest BCUT2D eigenvalue weighted by Gasteiger charge is -2.26. The van der Waals surface area contributed by atoms with E-state index in [1.165, 1.54) is 11.3 Å². The van der Waals surface area contributed by atoms with E-state index in [-0.39, 0.29) is 17.4 Å². The zero-order valence-corrected chi connectivity index (χ0v) is 15.6. The Hall–Kier alpha value is -1.67. The maximum Gasteiger partial charge on any atom is 0.337 e. The van der Waals surface area contributed by atoms with Gasteiger partial charge in [-0.05, 0) is 55.8 Å². The number of ether oxygens (including phenoxy) is 1. The summed E-state index contributed by atoms with van der Waals surface area (Å²) in [5, 5.41) is 14.5. The minimum absolute atomic E-state index is 0.0272. The molecule has 1 aromatic rings. The molecule has 0 aromatic carbocycles. The van der Waals surface area contributed by atoms with Gasteiger partial charge in [0.15, 0.2) is 0 Å². The van der Waals surface area contributed by atoms with Gasteiger partial charge in [-0.1, -0.05) is 0 Å². The highest BCUT2D eigenvalue weighted by Gasteiger charge is 2.41. The van der Waals surface area contributed by atoms with E-state index >= 15 is 0 Å². The number of carbonyl (C=O) groups is 1. The summed E-state index contributed by atoms with van der Waals surface area (Å²) >= 11 is 4.74. The van der Waals surface area contributed by atoms with Gasteiger partial charge in [0.05, 0.1) is 26.1 Å². The molecule has 1 aliphatic heterocycles. The number of thiophene rings is 1. The van der Waals surface area contributed by atoms with E-state index in [4.69, 9.17) is 4.74 Å². The van der Waals surface area contributed by atoms with Gasteiger partial charge in [-0.3, -0.25) is 10.1 Å². The number of halogens is 1. The fourth-order valence-electron chi connectivity index (χ4n) is 2.53. The lowest BCUT2D eigenvalue weighted by Crippen LogP contribution is -2.32. The molecule has 124 valence electrons. The van der Waals surface area contributed by atoms with Crippen LogP contribution in [0.15, 0.2) is 38.6 Å². The lowest BCUT2D eigenvalue weighted by molar-refractivity contribution is -0.430. The van der Waals surface area contributed by atoms with E-state index in [2.05, 4.69) is 21.2 Å². The number of hydrogen-bond donors (Lipinski definition) is 1. The Morgan fingerprint density at radius 3 is 2.52 bits per heavy atom. The van der Waals surface area contributed by atoms with Crippen molar-refractivity contribution in [2.24, 2.45) is 0 Å². The van der Waals surface area contributed by atoms with E-state index in [0.717, 1.165) is 8.66 Å². The molecule has 0 amide bonds. The maximum atomic E-state index is 12.5. The second kappa shape index (κ2) is 6.84. The Bertz CT molecular complexity index is 721. The number of esters is 1. The molecule has 1 unspecified atom stereocenters. The summed E-state index contributed by atoms with van der Waals surface area (Å²) in [5.74, 6) is -1.28. The number of allylic oxidation sites excluding steroid dienone is 3. The molecule has 0 fully saturated rings. The smallest absolute Gasteiger partial charge is 0.337 e. The van der Waals surface area contributed by atoms with Gasteiger partial charge in [-0.2, -0.15) is 0 Å². The first-order valence-electron chi connectivity index (χ1n) is 7.01. The molecule has 2 rings (SSSR count). The quantitative estimate of drug-likeness (QED) is 0.470. The van der Waals surface area contributed by atoms with Crippen LogP contribution >= 0.6 is 27.3 Å².